The lowest BCUT2D eigenvalue weighted by Gasteiger charge is -2.59. The highest BCUT2D eigenvalue weighted by Gasteiger charge is 2.71. The first-order valence-electron chi connectivity index (χ1n) is 11.6. The van der Waals surface area contributed by atoms with Crippen molar-refractivity contribution in [3.8, 4) is 17.2 Å². The molecule has 2 heterocycles. The minimum absolute atomic E-state index is 0.0329. The summed E-state index contributed by atoms with van der Waals surface area (Å²) in [5, 5.41) is 19.3. The molecule has 6 nitrogen and oxygen atoms in total. The summed E-state index contributed by atoms with van der Waals surface area (Å²) in [5.74, 6) is 0. The molecule has 0 saturated carbocycles. The highest BCUT2D eigenvalue weighted by atomic mass is 32.2. The van der Waals surface area contributed by atoms with Gasteiger partial charge in [0.1, 0.15) is 0 Å². The van der Waals surface area contributed by atoms with Gasteiger partial charge in [-0.1, -0.05) is 37.3 Å². The molecule has 2 fully saturated rings. The Kier molecular flexibility index (Phi) is 6.88. The van der Waals surface area contributed by atoms with Crippen molar-refractivity contribution < 1.29 is 39.9 Å². The number of alkyl halides is 6. The average molecular weight is 562 g/mol. The van der Waals surface area contributed by atoms with E-state index in [1.807, 2.05) is 13.0 Å². The highest BCUT2D eigenvalue weighted by molar-refractivity contribution is 7.88. The Morgan fingerprint density at radius 2 is 1.55 bits per heavy atom. The van der Waals surface area contributed by atoms with E-state index in [0.717, 1.165) is 30.3 Å². The largest absolute Gasteiger partial charge is 0.430 e. The molecule has 1 N–H and O–H groups in total. The predicted octanol–water partition coefficient (Wildman–Crippen LogP) is 4.18. The van der Waals surface area contributed by atoms with Crippen LogP contribution < -0.4 is 0 Å². The molecule has 0 bridgehead atoms. The molecule has 38 heavy (non-hydrogen) atoms. The fourth-order valence-corrected chi connectivity index (χ4v) is 6.31. The van der Waals surface area contributed by atoms with Crippen LogP contribution in [0.2, 0.25) is 0 Å². The lowest BCUT2D eigenvalue weighted by atomic mass is 9.74. The van der Waals surface area contributed by atoms with Crippen LogP contribution in [0, 0.1) is 16.7 Å². The molecule has 13 heteroatoms. The molecule has 1 spiro atoms. The van der Waals surface area contributed by atoms with Crippen LogP contribution >= 0.6 is 0 Å². The van der Waals surface area contributed by atoms with Crippen LogP contribution in [-0.2, 0) is 28.6 Å². The Morgan fingerprint density at radius 1 is 0.974 bits per heavy atom. The summed E-state index contributed by atoms with van der Waals surface area (Å²) >= 11 is 0. The SMILES string of the molecule is CCc1cc(CN2CC3(C2)CN(S(C)(=O)=O)C3)ccc1-c1ccc(C(O)(C(F)(F)F)C(F)(F)F)cc1C#N. The van der Waals surface area contributed by atoms with Crippen LogP contribution in [0.15, 0.2) is 36.4 Å². The second kappa shape index (κ2) is 9.22. The van der Waals surface area contributed by atoms with Crippen molar-refractivity contribution in [2.75, 3.05) is 32.4 Å². The van der Waals surface area contributed by atoms with Crippen LogP contribution in [0.4, 0.5) is 26.3 Å². The van der Waals surface area contributed by atoms with Crippen molar-refractivity contribution >= 4 is 10.0 Å². The third kappa shape index (κ3) is 4.79. The van der Waals surface area contributed by atoms with E-state index in [2.05, 4.69) is 4.90 Å². The fraction of sp³-hybridized carbons (Fsp3) is 0.480. The highest BCUT2D eigenvalue weighted by Crippen LogP contribution is 2.50. The fourth-order valence-electron chi connectivity index (χ4n) is 5.29. The minimum atomic E-state index is -6.05. The zero-order chi connectivity index (χ0) is 28.3. The van der Waals surface area contributed by atoms with Gasteiger partial charge in [0.2, 0.25) is 10.0 Å². The van der Waals surface area contributed by atoms with Crippen LogP contribution in [0.1, 0.15) is 29.2 Å². The molecule has 0 atom stereocenters. The number of aryl methyl sites for hydroxylation is 1. The number of sulfonamides is 1. The summed E-state index contributed by atoms with van der Waals surface area (Å²) in [7, 11) is -3.19. The molecular formula is C25H25F6N3O3S. The number of halogens is 6. The van der Waals surface area contributed by atoms with Gasteiger partial charge in [-0.25, -0.2) is 12.7 Å². The van der Waals surface area contributed by atoms with Gasteiger partial charge in [-0.3, -0.25) is 4.90 Å². The summed E-state index contributed by atoms with van der Waals surface area (Å²) in [4.78, 5) is 2.17. The maximum atomic E-state index is 13.3. The van der Waals surface area contributed by atoms with Crippen LogP contribution in [0.3, 0.4) is 0 Å². The monoisotopic (exact) mass is 561 g/mol. The van der Waals surface area contributed by atoms with Crippen molar-refractivity contribution in [3.63, 3.8) is 0 Å². The van der Waals surface area contributed by atoms with Crippen molar-refractivity contribution in [2.24, 2.45) is 5.41 Å². The maximum absolute atomic E-state index is 13.3. The summed E-state index contributed by atoms with van der Waals surface area (Å²) < 4.78 is 105. The number of aliphatic hydroxyl groups is 1. The van der Waals surface area contributed by atoms with Gasteiger partial charge in [0.15, 0.2) is 0 Å². The number of hydrogen-bond acceptors (Lipinski definition) is 5. The van der Waals surface area contributed by atoms with Crippen molar-refractivity contribution in [1.82, 2.24) is 9.21 Å². The third-order valence-corrected chi connectivity index (χ3v) is 8.43. The number of hydrogen-bond donors (Lipinski definition) is 1. The number of benzene rings is 2. The van der Waals surface area contributed by atoms with Crippen molar-refractivity contribution in [3.05, 3.63) is 58.7 Å². The normalized spacial score (nSPS) is 18.6. The number of rotatable bonds is 6. The molecular weight excluding hydrogens is 536 g/mol. The zero-order valence-corrected chi connectivity index (χ0v) is 21.3. The van der Waals surface area contributed by atoms with Crippen LogP contribution in [0.25, 0.3) is 11.1 Å². The molecule has 2 saturated heterocycles. The summed E-state index contributed by atoms with van der Waals surface area (Å²) in [6.07, 6.45) is -10.4. The van der Waals surface area contributed by atoms with Gasteiger partial charge >= 0.3 is 12.4 Å². The van der Waals surface area contributed by atoms with Gasteiger partial charge in [0, 0.05) is 43.7 Å². The molecule has 2 aliphatic rings. The Hall–Kier alpha value is -2.66. The second-order valence-electron chi connectivity index (χ2n) is 10.1. The van der Waals surface area contributed by atoms with E-state index in [4.69, 9.17) is 0 Å². The van der Waals surface area contributed by atoms with E-state index in [1.165, 1.54) is 10.6 Å². The van der Waals surface area contributed by atoms with Gasteiger partial charge in [-0.05, 0) is 34.7 Å². The smallest absolute Gasteiger partial charge is 0.369 e. The van der Waals surface area contributed by atoms with Crippen LogP contribution in [-0.4, -0.2) is 67.5 Å². The topological polar surface area (TPSA) is 84.6 Å². The predicted molar refractivity (Wildman–Crippen MR) is 126 cm³/mol. The van der Waals surface area contributed by atoms with E-state index in [1.54, 1.807) is 18.2 Å². The van der Waals surface area contributed by atoms with Gasteiger partial charge in [0.25, 0.3) is 5.60 Å². The van der Waals surface area contributed by atoms with Gasteiger partial charge in [0.05, 0.1) is 17.9 Å². The summed E-state index contributed by atoms with van der Waals surface area (Å²) in [6.45, 7) is 4.88. The average Bonchev–Trinajstić information content (AvgIpc) is 2.76. The standard InChI is InChI=1S/C25H25F6N3O3S/c1-3-17-8-16(11-33-12-22(13-33)14-34(15-22)38(2,36)37)4-6-20(17)21-7-5-19(9-18(21)10-32)23(35,24(26,27)28)25(29,30)31/h4-9,35H,3,11-15H2,1-2H3. The molecule has 2 aliphatic heterocycles. The second-order valence-corrected chi connectivity index (χ2v) is 12.1. The molecule has 4 rings (SSSR count). The first-order chi connectivity index (χ1) is 17.4. The summed E-state index contributed by atoms with van der Waals surface area (Å²) in [5.41, 5.74) is -4.74. The van der Waals surface area contributed by atoms with Gasteiger partial charge < -0.3 is 5.11 Å². The molecule has 0 amide bonds. The quantitative estimate of drug-likeness (QED) is 0.536. The maximum Gasteiger partial charge on any atom is 0.430 e. The third-order valence-electron chi connectivity index (χ3n) is 7.24. The lowest BCUT2D eigenvalue weighted by molar-refractivity contribution is -0.376. The van der Waals surface area contributed by atoms with Crippen molar-refractivity contribution in [1.29, 1.82) is 5.26 Å². The Labute approximate surface area is 216 Å². The van der Waals surface area contributed by atoms with E-state index in [0.29, 0.717) is 43.8 Å². The van der Waals surface area contributed by atoms with E-state index in [-0.39, 0.29) is 11.0 Å². The van der Waals surface area contributed by atoms with Crippen molar-refractivity contribution in [2.45, 2.75) is 37.8 Å². The van der Waals surface area contributed by atoms with E-state index < -0.39 is 39.1 Å². The molecule has 0 aromatic heterocycles. The first-order valence-corrected chi connectivity index (χ1v) is 13.5. The molecule has 0 unspecified atom stereocenters. The number of nitrogens with zero attached hydrogens (tertiary/aromatic N) is 3. The molecule has 2 aromatic carbocycles. The number of nitriles is 1. The number of likely N-dealkylation sites (tertiary alicyclic amines) is 1. The van der Waals surface area contributed by atoms with E-state index in [9.17, 15) is 45.1 Å². The minimum Gasteiger partial charge on any atom is -0.369 e. The Morgan fingerprint density at radius 3 is 2.05 bits per heavy atom. The van der Waals surface area contributed by atoms with Gasteiger partial charge in [-0.15, -0.1) is 0 Å². The summed E-state index contributed by atoms with van der Waals surface area (Å²) in [6, 6.07) is 8.96. The molecule has 206 valence electrons. The first kappa shape index (κ1) is 28.4. The van der Waals surface area contributed by atoms with Gasteiger partial charge in [-0.2, -0.15) is 31.6 Å². The molecule has 2 aromatic rings. The van der Waals surface area contributed by atoms with Crippen LogP contribution in [0.5, 0.6) is 0 Å². The zero-order valence-electron chi connectivity index (χ0n) is 20.5. The Balaban J connectivity index is 1.56. The lowest BCUT2D eigenvalue weighted by Crippen LogP contribution is -2.72. The Bertz CT molecular complexity index is 1370. The molecule has 0 radical (unpaired) electrons. The molecule has 0 aliphatic carbocycles. The van der Waals surface area contributed by atoms with E-state index >= 15 is 0 Å².